The third-order valence-corrected chi connectivity index (χ3v) is 2.46. The molecule has 0 saturated heterocycles. The smallest absolute Gasteiger partial charge is 0.115 e. The highest BCUT2D eigenvalue weighted by Gasteiger charge is 1.99. The summed E-state index contributed by atoms with van der Waals surface area (Å²) in [6.45, 7) is 2.57. The van der Waals surface area contributed by atoms with E-state index >= 15 is 0 Å². The van der Waals surface area contributed by atoms with Crippen molar-refractivity contribution in [2.75, 3.05) is 5.32 Å². The van der Waals surface area contributed by atoms with Crippen LogP contribution in [0.2, 0.25) is 0 Å². The van der Waals surface area contributed by atoms with E-state index in [1.807, 2.05) is 31.2 Å². The molecular formula is C13H12N4. The average molecular weight is 224 g/mol. The number of anilines is 1. The van der Waals surface area contributed by atoms with Gasteiger partial charge in [-0.3, -0.25) is 0 Å². The van der Waals surface area contributed by atoms with Crippen LogP contribution in [-0.2, 0) is 6.54 Å². The number of nitriles is 1. The molecule has 0 fully saturated rings. The highest BCUT2D eigenvalue weighted by Crippen LogP contribution is 2.14. The van der Waals surface area contributed by atoms with Crippen molar-refractivity contribution in [1.82, 2.24) is 9.97 Å². The van der Waals surface area contributed by atoms with E-state index in [0.717, 1.165) is 16.9 Å². The van der Waals surface area contributed by atoms with Crippen LogP contribution in [0.4, 0.5) is 5.69 Å². The largest absolute Gasteiger partial charge is 0.379 e. The maximum Gasteiger partial charge on any atom is 0.115 e. The zero-order valence-electron chi connectivity index (χ0n) is 9.51. The number of nitrogens with zero attached hydrogens (tertiary/aromatic N) is 3. The molecule has 1 aromatic heterocycles. The molecular weight excluding hydrogens is 212 g/mol. The summed E-state index contributed by atoms with van der Waals surface area (Å²) in [5, 5.41) is 12.1. The number of benzene rings is 1. The molecule has 4 nitrogen and oxygen atoms in total. The Bertz CT molecular complexity index is 543. The van der Waals surface area contributed by atoms with Crippen molar-refractivity contribution in [1.29, 1.82) is 5.26 Å². The molecule has 1 heterocycles. The minimum atomic E-state index is 0.647. The lowest BCUT2D eigenvalue weighted by Crippen LogP contribution is -2.02. The first-order valence-corrected chi connectivity index (χ1v) is 5.29. The summed E-state index contributed by atoms with van der Waals surface area (Å²) in [5.74, 6) is 0. The van der Waals surface area contributed by atoms with E-state index in [0.29, 0.717) is 12.1 Å². The normalized spacial score (nSPS) is 9.65. The molecule has 0 unspecified atom stereocenters. The quantitative estimate of drug-likeness (QED) is 0.868. The fraction of sp³-hybridized carbons (Fsp3) is 0.154. The monoisotopic (exact) mass is 224 g/mol. The molecule has 0 aliphatic rings. The first kappa shape index (κ1) is 11.1. The van der Waals surface area contributed by atoms with Gasteiger partial charge in [-0.1, -0.05) is 0 Å². The Morgan fingerprint density at radius 1 is 1.35 bits per heavy atom. The molecule has 2 aromatic rings. The first-order chi connectivity index (χ1) is 8.29. The topological polar surface area (TPSA) is 61.6 Å². The summed E-state index contributed by atoms with van der Waals surface area (Å²) in [7, 11) is 0. The van der Waals surface area contributed by atoms with Crippen molar-refractivity contribution >= 4 is 5.69 Å². The van der Waals surface area contributed by atoms with Crippen LogP contribution >= 0.6 is 0 Å². The molecule has 0 spiro atoms. The van der Waals surface area contributed by atoms with Gasteiger partial charge >= 0.3 is 0 Å². The maximum atomic E-state index is 8.83. The predicted octanol–water partition coefficient (Wildman–Crippen LogP) is 2.27. The van der Waals surface area contributed by atoms with Crippen LogP contribution in [0.5, 0.6) is 0 Å². The average Bonchev–Trinajstić information content (AvgIpc) is 2.38. The Labute approximate surface area is 100.0 Å². The minimum Gasteiger partial charge on any atom is -0.379 e. The molecule has 1 aromatic carbocycles. The minimum absolute atomic E-state index is 0.647. The van der Waals surface area contributed by atoms with Crippen molar-refractivity contribution in [3.05, 3.63) is 53.6 Å². The Kier molecular flexibility index (Phi) is 3.31. The second kappa shape index (κ2) is 5.08. The molecule has 0 aliphatic carbocycles. The number of hydrogen-bond acceptors (Lipinski definition) is 4. The summed E-state index contributed by atoms with van der Waals surface area (Å²) in [5.41, 5.74) is 3.60. The molecule has 0 saturated carbocycles. The van der Waals surface area contributed by atoms with Gasteiger partial charge in [0.25, 0.3) is 0 Å². The van der Waals surface area contributed by atoms with E-state index in [1.165, 1.54) is 6.33 Å². The maximum absolute atomic E-state index is 8.83. The lowest BCUT2D eigenvalue weighted by molar-refractivity contribution is 1.01. The molecule has 0 radical (unpaired) electrons. The van der Waals surface area contributed by atoms with Gasteiger partial charge in [0.2, 0.25) is 0 Å². The molecule has 0 bridgehead atoms. The van der Waals surface area contributed by atoms with Gasteiger partial charge in [0.15, 0.2) is 0 Å². The van der Waals surface area contributed by atoms with Gasteiger partial charge in [0.05, 0.1) is 23.9 Å². The zero-order chi connectivity index (χ0) is 12.1. The van der Waals surface area contributed by atoms with Gasteiger partial charge in [-0.15, -0.1) is 0 Å². The molecule has 84 valence electrons. The summed E-state index contributed by atoms with van der Waals surface area (Å²) >= 11 is 0. The number of aryl methyl sites for hydroxylation is 1. The highest BCUT2D eigenvalue weighted by atomic mass is 14.9. The fourth-order valence-electron chi connectivity index (χ4n) is 1.51. The van der Waals surface area contributed by atoms with Crippen LogP contribution in [0.25, 0.3) is 0 Å². The molecule has 4 heteroatoms. The van der Waals surface area contributed by atoms with Gasteiger partial charge in [0, 0.05) is 11.9 Å². The van der Waals surface area contributed by atoms with Gasteiger partial charge in [-0.2, -0.15) is 5.26 Å². The summed E-state index contributed by atoms with van der Waals surface area (Å²) in [4.78, 5) is 7.99. The fourth-order valence-corrected chi connectivity index (χ4v) is 1.51. The summed E-state index contributed by atoms with van der Waals surface area (Å²) < 4.78 is 0. The van der Waals surface area contributed by atoms with Crippen molar-refractivity contribution in [2.45, 2.75) is 13.5 Å². The van der Waals surface area contributed by atoms with Crippen molar-refractivity contribution in [3.63, 3.8) is 0 Å². The Balaban J connectivity index is 2.06. The molecule has 2 rings (SSSR count). The van der Waals surface area contributed by atoms with Crippen molar-refractivity contribution in [2.24, 2.45) is 0 Å². The molecule has 0 atom stereocenters. The van der Waals surface area contributed by atoms with Crippen LogP contribution in [0, 0.1) is 18.3 Å². The third-order valence-electron chi connectivity index (χ3n) is 2.46. The number of hydrogen-bond donors (Lipinski definition) is 1. The van der Waals surface area contributed by atoms with Crippen LogP contribution in [0.15, 0.2) is 36.8 Å². The SMILES string of the molecule is Cc1cc(NCc2ccncn2)ccc1C#N. The van der Waals surface area contributed by atoms with Gasteiger partial charge in [-0.05, 0) is 36.8 Å². The molecule has 17 heavy (non-hydrogen) atoms. The van der Waals surface area contributed by atoms with E-state index in [9.17, 15) is 0 Å². The highest BCUT2D eigenvalue weighted by molar-refractivity contribution is 5.51. The van der Waals surface area contributed by atoms with E-state index < -0.39 is 0 Å². The molecule has 0 amide bonds. The summed E-state index contributed by atoms with van der Waals surface area (Å²) in [6.07, 6.45) is 3.25. The Morgan fingerprint density at radius 2 is 2.24 bits per heavy atom. The van der Waals surface area contributed by atoms with Gasteiger partial charge in [0.1, 0.15) is 6.33 Å². The molecule has 1 N–H and O–H groups in total. The lowest BCUT2D eigenvalue weighted by atomic mass is 10.1. The summed E-state index contributed by atoms with van der Waals surface area (Å²) in [6, 6.07) is 9.68. The van der Waals surface area contributed by atoms with Crippen LogP contribution in [0.1, 0.15) is 16.8 Å². The number of aromatic nitrogens is 2. The number of rotatable bonds is 3. The third kappa shape index (κ3) is 2.79. The lowest BCUT2D eigenvalue weighted by Gasteiger charge is -2.07. The predicted molar refractivity (Wildman–Crippen MR) is 65.3 cm³/mol. The zero-order valence-corrected chi connectivity index (χ0v) is 9.51. The van der Waals surface area contributed by atoms with Gasteiger partial charge < -0.3 is 5.32 Å². The second-order valence-corrected chi connectivity index (χ2v) is 3.70. The van der Waals surface area contributed by atoms with E-state index in [2.05, 4.69) is 21.4 Å². The second-order valence-electron chi connectivity index (χ2n) is 3.70. The Morgan fingerprint density at radius 3 is 2.88 bits per heavy atom. The van der Waals surface area contributed by atoms with Crippen molar-refractivity contribution < 1.29 is 0 Å². The Hall–Kier alpha value is -2.41. The standard InChI is InChI=1S/C13H12N4/c1-10-6-12(3-2-11(10)7-14)16-8-13-4-5-15-9-17-13/h2-6,9,16H,8H2,1H3. The first-order valence-electron chi connectivity index (χ1n) is 5.29. The van der Waals surface area contributed by atoms with Crippen LogP contribution in [-0.4, -0.2) is 9.97 Å². The van der Waals surface area contributed by atoms with E-state index in [1.54, 1.807) is 6.20 Å². The van der Waals surface area contributed by atoms with E-state index in [4.69, 9.17) is 5.26 Å². The van der Waals surface area contributed by atoms with Gasteiger partial charge in [-0.25, -0.2) is 9.97 Å². The van der Waals surface area contributed by atoms with E-state index in [-0.39, 0.29) is 0 Å². The molecule has 0 aliphatic heterocycles. The van der Waals surface area contributed by atoms with Crippen LogP contribution < -0.4 is 5.32 Å². The van der Waals surface area contributed by atoms with Crippen molar-refractivity contribution in [3.8, 4) is 6.07 Å². The van der Waals surface area contributed by atoms with Crippen LogP contribution in [0.3, 0.4) is 0 Å². The number of nitrogens with one attached hydrogen (secondary N) is 1.